The lowest BCUT2D eigenvalue weighted by atomic mass is 9.81. The van der Waals surface area contributed by atoms with Gasteiger partial charge in [-0.05, 0) is 28.5 Å². The van der Waals surface area contributed by atoms with Crippen LogP contribution < -0.4 is 9.64 Å². The fourth-order valence-electron chi connectivity index (χ4n) is 3.96. The molecule has 26 heavy (non-hydrogen) atoms. The Balaban J connectivity index is 2.01. The first kappa shape index (κ1) is 16.4. The Morgan fingerprint density at radius 2 is 1.88 bits per heavy atom. The highest BCUT2D eigenvalue weighted by molar-refractivity contribution is 6.03. The van der Waals surface area contributed by atoms with Gasteiger partial charge in [0, 0.05) is 30.1 Å². The van der Waals surface area contributed by atoms with Gasteiger partial charge in [0.15, 0.2) is 0 Å². The van der Waals surface area contributed by atoms with Gasteiger partial charge in [0.2, 0.25) is 5.91 Å². The van der Waals surface area contributed by atoms with Crippen molar-refractivity contribution in [3.8, 4) is 5.75 Å². The fraction of sp³-hybridized carbons (Fsp3) is 0.174. The Morgan fingerprint density at radius 1 is 1.12 bits per heavy atom. The molecule has 0 saturated carbocycles. The predicted octanol–water partition coefficient (Wildman–Crippen LogP) is 4.90. The Kier molecular flexibility index (Phi) is 4.21. The number of carbonyl (C=O) groups excluding carboxylic acids is 1. The van der Waals surface area contributed by atoms with E-state index in [1.54, 1.807) is 13.2 Å². The normalized spacial score (nSPS) is 16.4. The van der Waals surface area contributed by atoms with Gasteiger partial charge in [0.1, 0.15) is 5.75 Å². The summed E-state index contributed by atoms with van der Waals surface area (Å²) < 4.78 is 5.59. The zero-order valence-electron chi connectivity index (χ0n) is 14.8. The second kappa shape index (κ2) is 6.68. The molecule has 3 heteroatoms. The topological polar surface area (TPSA) is 29.5 Å². The zero-order valence-corrected chi connectivity index (χ0v) is 14.8. The maximum atomic E-state index is 12.9. The molecule has 0 bridgehead atoms. The summed E-state index contributed by atoms with van der Waals surface area (Å²) in [6.07, 6.45) is 2.20. The molecule has 0 spiro atoms. The van der Waals surface area contributed by atoms with E-state index in [-0.39, 0.29) is 11.8 Å². The van der Waals surface area contributed by atoms with E-state index in [2.05, 4.69) is 43.0 Å². The predicted molar refractivity (Wildman–Crippen MR) is 106 cm³/mol. The van der Waals surface area contributed by atoms with Crippen LogP contribution in [0.25, 0.3) is 10.8 Å². The molecule has 3 aromatic rings. The van der Waals surface area contributed by atoms with E-state index in [9.17, 15) is 4.79 Å². The number of hydrogen-bond donors (Lipinski definition) is 0. The highest BCUT2D eigenvalue weighted by atomic mass is 16.5. The molecule has 1 unspecified atom stereocenters. The number of nitrogens with zero attached hydrogens (tertiary/aromatic N) is 1. The van der Waals surface area contributed by atoms with Crippen LogP contribution in [0.3, 0.4) is 0 Å². The number of fused-ring (bicyclic) bond motifs is 3. The molecule has 3 nitrogen and oxygen atoms in total. The van der Waals surface area contributed by atoms with Crippen LogP contribution >= 0.6 is 0 Å². The summed E-state index contributed by atoms with van der Waals surface area (Å²) in [5.74, 6) is 0.908. The highest BCUT2D eigenvalue weighted by Crippen LogP contribution is 2.46. The van der Waals surface area contributed by atoms with Gasteiger partial charge in [0.05, 0.1) is 7.11 Å². The summed E-state index contributed by atoms with van der Waals surface area (Å²) >= 11 is 0. The van der Waals surface area contributed by atoms with Gasteiger partial charge in [-0.25, -0.2) is 0 Å². The summed E-state index contributed by atoms with van der Waals surface area (Å²) in [4.78, 5) is 14.7. The van der Waals surface area contributed by atoms with Crippen molar-refractivity contribution >= 4 is 22.4 Å². The highest BCUT2D eigenvalue weighted by Gasteiger charge is 2.34. The largest absolute Gasteiger partial charge is 0.496 e. The Hall–Kier alpha value is -3.07. The van der Waals surface area contributed by atoms with Crippen molar-refractivity contribution in [3.63, 3.8) is 0 Å². The smallest absolute Gasteiger partial charge is 0.228 e. The molecular formula is C23H21NO2. The number of carbonyl (C=O) groups is 1. The standard InChI is InChI=1S/C23H21NO2/c1-3-14-24-20-13-12-16-8-4-5-9-17(16)23(20)19(15-22(24)25)18-10-6-7-11-21(18)26-2/h3-13,19H,1,14-15H2,2H3. The lowest BCUT2D eigenvalue weighted by Crippen LogP contribution is -2.37. The first-order chi connectivity index (χ1) is 12.7. The fourth-order valence-corrected chi connectivity index (χ4v) is 3.96. The van der Waals surface area contributed by atoms with Crippen molar-refractivity contribution in [2.24, 2.45) is 0 Å². The molecule has 1 atom stereocenters. The van der Waals surface area contributed by atoms with Crippen molar-refractivity contribution < 1.29 is 9.53 Å². The molecule has 0 aliphatic carbocycles. The zero-order chi connectivity index (χ0) is 18.1. The lowest BCUT2D eigenvalue weighted by Gasteiger charge is -2.35. The summed E-state index contributed by atoms with van der Waals surface area (Å²) in [6, 6.07) is 20.5. The minimum atomic E-state index is -0.0270. The SMILES string of the molecule is C=CCN1C(=O)CC(c2ccccc2OC)c2c1ccc1ccccc21. The number of amides is 1. The summed E-state index contributed by atoms with van der Waals surface area (Å²) in [5.41, 5.74) is 3.21. The molecule has 1 aliphatic heterocycles. The van der Waals surface area contributed by atoms with Crippen molar-refractivity contribution in [2.45, 2.75) is 12.3 Å². The Morgan fingerprint density at radius 3 is 2.69 bits per heavy atom. The molecule has 1 amide bonds. The van der Waals surface area contributed by atoms with Gasteiger partial charge < -0.3 is 9.64 Å². The third-order valence-corrected chi connectivity index (χ3v) is 5.09. The summed E-state index contributed by atoms with van der Waals surface area (Å²) in [5, 5.41) is 2.36. The molecular weight excluding hydrogens is 322 g/mol. The van der Waals surface area contributed by atoms with Crippen molar-refractivity contribution in [2.75, 3.05) is 18.6 Å². The minimum absolute atomic E-state index is 0.0270. The monoisotopic (exact) mass is 343 g/mol. The van der Waals surface area contributed by atoms with E-state index in [0.29, 0.717) is 13.0 Å². The number of benzene rings is 3. The van der Waals surface area contributed by atoms with Crippen LogP contribution in [0, 0.1) is 0 Å². The quantitative estimate of drug-likeness (QED) is 0.630. The first-order valence-corrected chi connectivity index (χ1v) is 8.80. The molecule has 0 radical (unpaired) electrons. The van der Waals surface area contributed by atoms with E-state index in [0.717, 1.165) is 17.0 Å². The molecule has 0 aromatic heterocycles. The number of rotatable bonds is 4. The van der Waals surface area contributed by atoms with Crippen LogP contribution in [0.15, 0.2) is 73.3 Å². The van der Waals surface area contributed by atoms with E-state index in [4.69, 9.17) is 4.74 Å². The molecule has 0 fully saturated rings. The van der Waals surface area contributed by atoms with Gasteiger partial charge in [-0.3, -0.25) is 4.79 Å². The van der Waals surface area contributed by atoms with Crippen molar-refractivity contribution in [1.82, 2.24) is 0 Å². The second-order valence-corrected chi connectivity index (χ2v) is 6.51. The van der Waals surface area contributed by atoms with Crippen LogP contribution in [0.4, 0.5) is 5.69 Å². The second-order valence-electron chi connectivity index (χ2n) is 6.51. The third kappa shape index (κ3) is 2.57. The molecule has 1 heterocycles. The third-order valence-electron chi connectivity index (χ3n) is 5.09. The number of hydrogen-bond acceptors (Lipinski definition) is 2. The van der Waals surface area contributed by atoms with Gasteiger partial charge in [0.25, 0.3) is 0 Å². The van der Waals surface area contributed by atoms with E-state index < -0.39 is 0 Å². The maximum absolute atomic E-state index is 12.9. The first-order valence-electron chi connectivity index (χ1n) is 8.80. The van der Waals surface area contributed by atoms with Gasteiger partial charge >= 0.3 is 0 Å². The molecule has 1 aliphatic rings. The number of methoxy groups -OCH3 is 1. The number of ether oxygens (including phenoxy) is 1. The van der Waals surface area contributed by atoms with Crippen LogP contribution in [-0.2, 0) is 4.79 Å². The molecule has 0 saturated heterocycles. The van der Waals surface area contributed by atoms with Gasteiger partial charge in [-0.15, -0.1) is 6.58 Å². The van der Waals surface area contributed by atoms with Crippen molar-refractivity contribution in [3.05, 3.63) is 84.4 Å². The van der Waals surface area contributed by atoms with Crippen LogP contribution in [-0.4, -0.2) is 19.6 Å². The average molecular weight is 343 g/mol. The van der Waals surface area contributed by atoms with Crippen LogP contribution in [0.5, 0.6) is 5.75 Å². The number of anilines is 1. The molecule has 3 aromatic carbocycles. The van der Waals surface area contributed by atoms with E-state index in [1.807, 2.05) is 29.2 Å². The Labute approximate surface area is 153 Å². The molecule has 130 valence electrons. The molecule has 0 N–H and O–H groups in total. The van der Waals surface area contributed by atoms with E-state index >= 15 is 0 Å². The van der Waals surface area contributed by atoms with Crippen LogP contribution in [0.1, 0.15) is 23.5 Å². The summed E-state index contributed by atoms with van der Waals surface area (Å²) in [6.45, 7) is 4.33. The summed E-state index contributed by atoms with van der Waals surface area (Å²) in [7, 11) is 1.68. The minimum Gasteiger partial charge on any atom is -0.496 e. The average Bonchev–Trinajstić information content (AvgIpc) is 2.69. The lowest BCUT2D eigenvalue weighted by molar-refractivity contribution is -0.119. The molecule has 4 rings (SSSR count). The maximum Gasteiger partial charge on any atom is 0.228 e. The Bertz CT molecular complexity index is 992. The van der Waals surface area contributed by atoms with Gasteiger partial charge in [-0.1, -0.05) is 54.6 Å². The number of para-hydroxylation sites is 1. The van der Waals surface area contributed by atoms with Crippen molar-refractivity contribution in [1.29, 1.82) is 0 Å². The van der Waals surface area contributed by atoms with Crippen LogP contribution in [0.2, 0.25) is 0 Å². The van der Waals surface area contributed by atoms with Gasteiger partial charge in [-0.2, -0.15) is 0 Å². The van der Waals surface area contributed by atoms with E-state index in [1.165, 1.54) is 16.3 Å².